The van der Waals surface area contributed by atoms with Crippen LogP contribution in [-0.2, 0) is 38.3 Å². The molecule has 2 rings (SSSR count). The molecule has 0 saturated carbocycles. The summed E-state index contributed by atoms with van der Waals surface area (Å²) in [6.07, 6.45) is -12.4. The number of aliphatic hydroxyl groups is 4. The molecule has 0 unspecified atom stereocenters. The van der Waals surface area contributed by atoms with Crippen LogP contribution in [-0.4, -0.2) is 127 Å². The van der Waals surface area contributed by atoms with E-state index in [0.29, 0.717) is 0 Å². The van der Waals surface area contributed by atoms with Crippen LogP contribution in [0.1, 0.15) is 13.8 Å². The normalized spacial score (nSPS) is 38.5. The molecule has 2 heterocycles. The molecule has 0 spiro atoms. The number of aliphatic hydroxyl groups excluding tert-OH is 4. The molecule has 0 bridgehead atoms. The minimum absolute atomic E-state index is 0. The molecule has 0 aromatic rings. The summed E-state index contributed by atoms with van der Waals surface area (Å²) >= 11 is 0. The number of nitrogens with zero attached hydrogens (tertiary/aromatic N) is 1. The number of aliphatic imine (C=N–C) groups is 1. The average molecular weight is 540 g/mol. The summed E-state index contributed by atoms with van der Waals surface area (Å²) in [6.45, 7) is 0.582. The zero-order valence-electron chi connectivity index (χ0n) is 19.5. The largest absolute Gasteiger partial charge is 1.00 e. The summed E-state index contributed by atoms with van der Waals surface area (Å²) < 4.78 is 56.5. The van der Waals surface area contributed by atoms with E-state index in [-0.39, 0.29) is 29.6 Å². The Balaban J connectivity index is 0.00000612. The third-order valence-corrected chi connectivity index (χ3v) is 5.56. The van der Waals surface area contributed by atoms with Crippen LogP contribution >= 0.6 is 0 Å². The Labute approximate surface area is 223 Å². The van der Waals surface area contributed by atoms with Crippen molar-refractivity contribution in [1.29, 1.82) is 0 Å². The van der Waals surface area contributed by atoms with Crippen molar-refractivity contribution in [1.82, 2.24) is 5.32 Å². The Hall–Kier alpha value is -0.510. The number of methoxy groups -OCH3 is 1. The smallest absolute Gasteiger partial charge is 0.862 e. The molecule has 18 heteroatoms. The van der Waals surface area contributed by atoms with Crippen molar-refractivity contribution in [2.45, 2.75) is 75.1 Å². The third-order valence-electron chi connectivity index (χ3n) is 5.13. The van der Waals surface area contributed by atoms with Gasteiger partial charge in [-0.05, 0) is 12.8 Å². The van der Waals surface area contributed by atoms with Crippen LogP contribution in [0.2, 0.25) is 0 Å². The van der Waals surface area contributed by atoms with Gasteiger partial charge in [0.25, 0.3) is 0 Å². The maximum absolute atomic E-state index is 11.6. The number of carbonyl (C=O) groups excluding carboxylic acids is 1. The molecular formula is C17H29N2NaO14S. The standard InChI is InChI=1S/C17H30N2O14S.Na/c1-6(21)18-10-13(24)12(23)9(5-30-34(26,27)28)32-17(10)33-15-8(4-20)31-16(29-3)11(14(15)25)19-7(2)22;/h8-17,20,23-25H,4-5H2,1-3H3,(H,18,21)(H,19,22)(H,26,27,28);/q;+1/p-1/t8-,9-,10-,11-,12-,13-,14-,15-,16+,17+;/m1./s1. The maximum atomic E-state index is 11.6. The van der Waals surface area contributed by atoms with Crippen molar-refractivity contribution >= 4 is 22.2 Å². The Morgan fingerprint density at radius 3 is 2.17 bits per heavy atom. The van der Waals surface area contributed by atoms with Crippen molar-refractivity contribution in [2.75, 3.05) is 20.3 Å². The quantitative estimate of drug-likeness (QED) is 0.0688. The predicted molar refractivity (Wildman–Crippen MR) is 106 cm³/mol. The van der Waals surface area contributed by atoms with Crippen LogP contribution in [0.25, 0.3) is 0 Å². The number of amides is 1. The number of hydrogen-bond acceptors (Lipinski definition) is 14. The average Bonchev–Trinajstić information content (AvgIpc) is 2.73. The minimum atomic E-state index is -4.93. The first-order valence-corrected chi connectivity index (χ1v) is 11.4. The number of rotatable bonds is 9. The molecule has 0 aliphatic carbocycles. The van der Waals surface area contributed by atoms with E-state index in [4.69, 9.17) is 23.5 Å². The molecule has 16 nitrogen and oxygen atoms in total. The van der Waals surface area contributed by atoms with Crippen molar-refractivity contribution in [3.63, 3.8) is 0 Å². The van der Waals surface area contributed by atoms with E-state index < -0.39 is 96.7 Å². The molecule has 0 aromatic carbocycles. The second kappa shape index (κ2) is 13.9. The van der Waals surface area contributed by atoms with Gasteiger partial charge in [0.15, 0.2) is 12.6 Å². The predicted octanol–water partition coefficient (Wildman–Crippen LogP) is -7.98. The van der Waals surface area contributed by atoms with Gasteiger partial charge < -0.3 is 49.8 Å². The van der Waals surface area contributed by atoms with Crippen molar-refractivity contribution < 1.29 is 96.0 Å². The van der Waals surface area contributed by atoms with E-state index >= 15 is 0 Å². The monoisotopic (exact) mass is 540 g/mol. The van der Waals surface area contributed by atoms with E-state index in [1.807, 2.05) is 0 Å². The van der Waals surface area contributed by atoms with Crippen LogP contribution in [0.3, 0.4) is 0 Å². The summed E-state index contributed by atoms with van der Waals surface area (Å²) in [5, 5.41) is 55.4. The van der Waals surface area contributed by atoms with E-state index in [2.05, 4.69) is 14.5 Å². The number of ether oxygens (including phenoxy) is 4. The van der Waals surface area contributed by atoms with Gasteiger partial charge in [0, 0.05) is 14.0 Å². The molecule has 0 aromatic heterocycles. The van der Waals surface area contributed by atoms with E-state index in [1.165, 1.54) is 14.0 Å². The van der Waals surface area contributed by atoms with Crippen molar-refractivity contribution in [3.8, 4) is 0 Å². The molecule has 10 atom stereocenters. The topological polar surface area (TPSA) is 246 Å². The fourth-order valence-electron chi connectivity index (χ4n) is 3.65. The van der Waals surface area contributed by atoms with Crippen LogP contribution in [0.4, 0.5) is 0 Å². The SMILES string of the molecule is CO[C@H]1O[C@H](CO)[C@@H](O[C@@H]2O[C@H](COS(=O)(=O)O)[C@@H](O)[C@H](O)[C@H]2N=C(C)[O-])[C@H](O)[C@H]1NC(C)=O.[Na+]. The summed E-state index contributed by atoms with van der Waals surface area (Å²) in [5.74, 6) is -1.33. The van der Waals surface area contributed by atoms with Gasteiger partial charge in [-0.2, -0.15) is 8.42 Å². The molecule has 1 amide bonds. The Morgan fingerprint density at radius 2 is 1.69 bits per heavy atom. The Bertz CT molecular complexity index is 828. The first-order chi connectivity index (χ1) is 15.8. The van der Waals surface area contributed by atoms with E-state index in [0.717, 1.165) is 6.92 Å². The van der Waals surface area contributed by atoms with Gasteiger partial charge in [-0.3, -0.25) is 14.3 Å². The summed E-state index contributed by atoms with van der Waals surface area (Å²) in [7, 11) is -3.69. The second-order valence-electron chi connectivity index (χ2n) is 7.65. The number of carbonyl (C=O) groups is 1. The van der Waals surface area contributed by atoms with Crippen LogP contribution in [0, 0.1) is 0 Å². The molecule has 0 radical (unpaired) electrons. The Morgan fingerprint density at radius 1 is 1.09 bits per heavy atom. The summed E-state index contributed by atoms with van der Waals surface area (Å²) in [5.41, 5.74) is 0. The molecule has 2 aliphatic rings. The summed E-state index contributed by atoms with van der Waals surface area (Å²) in [4.78, 5) is 15.2. The third kappa shape index (κ3) is 8.78. The molecule has 35 heavy (non-hydrogen) atoms. The van der Waals surface area contributed by atoms with Gasteiger partial charge in [0.2, 0.25) is 5.91 Å². The Kier molecular flexibility index (Phi) is 12.9. The first kappa shape index (κ1) is 32.5. The molecule has 6 N–H and O–H groups in total. The molecule has 2 aliphatic heterocycles. The minimum Gasteiger partial charge on any atom is -0.862 e. The zero-order valence-corrected chi connectivity index (χ0v) is 22.3. The van der Waals surface area contributed by atoms with Crippen molar-refractivity contribution in [3.05, 3.63) is 0 Å². The van der Waals surface area contributed by atoms with E-state index in [1.54, 1.807) is 0 Å². The first-order valence-electron chi connectivity index (χ1n) is 10.0. The molecule has 2 saturated heterocycles. The number of nitrogens with one attached hydrogen (secondary N) is 1. The molecular weight excluding hydrogens is 511 g/mol. The van der Waals surface area contributed by atoms with Crippen LogP contribution in [0.5, 0.6) is 0 Å². The number of hydrogen-bond donors (Lipinski definition) is 6. The zero-order chi connectivity index (χ0) is 25.8. The van der Waals surface area contributed by atoms with Gasteiger partial charge in [0.1, 0.15) is 48.7 Å². The molecule has 198 valence electrons. The van der Waals surface area contributed by atoms with Crippen molar-refractivity contribution in [2.24, 2.45) is 4.99 Å². The van der Waals surface area contributed by atoms with Crippen LogP contribution in [0.15, 0.2) is 4.99 Å². The fourth-order valence-corrected chi connectivity index (χ4v) is 3.95. The second-order valence-corrected chi connectivity index (χ2v) is 8.75. The van der Waals surface area contributed by atoms with Crippen LogP contribution < -0.4 is 40.0 Å². The van der Waals surface area contributed by atoms with Gasteiger partial charge in [0.05, 0.1) is 13.2 Å². The van der Waals surface area contributed by atoms with Gasteiger partial charge >= 0.3 is 40.0 Å². The van der Waals surface area contributed by atoms with Gasteiger partial charge in [-0.15, -0.1) is 0 Å². The maximum Gasteiger partial charge on any atom is 1.00 e. The van der Waals surface area contributed by atoms with E-state index in [9.17, 15) is 38.7 Å². The molecule has 2 fully saturated rings. The summed E-state index contributed by atoms with van der Waals surface area (Å²) in [6, 6.07) is -2.73. The fraction of sp³-hybridized carbons (Fsp3) is 0.882. The van der Waals surface area contributed by atoms with Gasteiger partial charge in [-0.25, -0.2) is 4.18 Å². The van der Waals surface area contributed by atoms with Gasteiger partial charge in [-0.1, -0.05) is 0 Å².